The lowest BCUT2D eigenvalue weighted by Gasteiger charge is -2.05. The number of aromatic nitrogens is 3. The first-order valence-corrected chi connectivity index (χ1v) is 6.04. The topological polar surface area (TPSA) is 83.0 Å². The largest absolute Gasteiger partial charge is 0.399 e. The van der Waals surface area contributed by atoms with Crippen LogP contribution in [0.5, 0.6) is 0 Å². The van der Waals surface area contributed by atoms with E-state index in [4.69, 9.17) is 10.6 Å². The van der Waals surface area contributed by atoms with Crippen molar-refractivity contribution in [1.29, 1.82) is 0 Å². The molecule has 0 bridgehead atoms. The molecule has 100 valence electrons. The normalized spacial score (nSPS) is 10.7. The first-order valence-electron chi connectivity index (χ1n) is 6.04. The molecule has 6 heteroatoms. The summed E-state index contributed by atoms with van der Waals surface area (Å²) in [4.78, 5) is 18.4. The highest BCUT2D eigenvalue weighted by Crippen LogP contribution is 2.14. The number of carbonyl (C=O) groups excluding carboxylic acids is 1. The van der Waals surface area contributed by atoms with Crippen molar-refractivity contribution in [2.24, 2.45) is 0 Å². The predicted octanol–water partition coefficient (Wildman–Crippen LogP) is 1.59. The molecule has 0 atom stereocenters. The van der Waals surface area contributed by atoms with Crippen LogP contribution in [0.4, 0.5) is 5.69 Å². The summed E-state index contributed by atoms with van der Waals surface area (Å²) in [6.07, 6.45) is 0. The van der Waals surface area contributed by atoms with Crippen LogP contribution in [0.3, 0.4) is 0 Å². The Bertz CT molecular complexity index is 795. The molecule has 0 unspecified atom stereocenters. The van der Waals surface area contributed by atoms with E-state index < -0.39 is 5.97 Å². The Kier molecular flexibility index (Phi) is 2.83. The molecule has 3 aromatic rings. The summed E-state index contributed by atoms with van der Waals surface area (Å²) in [6.45, 7) is 1.83. The number of hydrogen-bond acceptors (Lipinski definition) is 5. The fourth-order valence-electron chi connectivity index (χ4n) is 1.85. The minimum absolute atomic E-state index is 0.413. The molecule has 2 aromatic carbocycles. The second kappa shape index (κ2) is 4.65. The van der Waals surface area contributed by atoms with Gasteiger partial charge >= 0.3 is 5.97 Å². The minimum Gasteiger partial charge on any atom is -0.399 e. The van der Waals surface area contributed by atoms with Crippen LogP contribution >= 0.6 is 0 Å². The van der Waals surface area contributed by atoms with E-state index in [-0.39, 0.29) is 0 Å². The molecule has 0 saturated carbocycles. The summed E-state index contributed by atoms with van der Waals surface area (Å²) < 4.78 is 0. The van der Waals surface area contributed by atoms with Crippen LogP contribution in [0.1, 0.15) is 15.9 Å². The zero-order valence-electron chi connectivity index (χ0n) is 10.8. The van der Waals surface area contributed by atoms with Crippen LogP contribution in [0.15, 0.2) is 42.5 Å². The van der Waals surface area contributed by atoms with Gasteiger partial charge in [-0.2, -0.15) is 0 Å². The number of rotatable bonds is 2. The van der Waals surface area contributed by atoms with Crippen molar-refractivity contribution in [3.8, 4) is 0 Å². The minimum atomic E-state index is -0.510. The number of nitrogens with zero attached hydrogens (tertiary/aromatic N) is 3. The van der Waals surface area contributed by atoms with E-state index in [0.717, 1.165) is 10.4 Å². The maximum Gasteiger partial charge on any atom is 0.365 e. The van der Waals surface area contributed by atoms with Gasteiger partial charge in [-0.05, 0) is 48.0 Å². The number of nitrogen functional groups attached to an aromatic ring is 1. The molecule has 0 aliphatic rings. The van der Waals surface area contributed by atoms with E-state index >= 15 is 0 Å². The maximum atomic E-state index is 12.1. The number of hydrogen-bond donors (Lipinski definition) is 1. The lowest BCUT2D eigenvalue weighted by molar-refractivity contribution is 0.0408. The summed E-state index contributed by atoms with van der Waals surface area (Å²) >= 11 is 0. The molecule has 0 aliphatic carbocycles. The lowest BCUT2D eigenvalue weighted by Crippen LogP contribution is -2.21. The monoisotopic (exact) mass is 268 g/mol. The molecular formula is C14H12N4O2. The van der Waals surface area contributed by atoms with Crippen molar-refractivity contribution < 1.29 is 9.63 Å². The average molecular weight is 268 g/mol. The summed E-state index contributed by atoms with van der Waals surface area (Å²) in [7, 11) is 0. The molecule has 0 spiro atoms. The van der Waals surface area contributed by atoms with Crippen molar-refractivity contribution in [1.82, 2.24) is 15.2 Å². The number of nitrogens with two attached hydrogens (primary N) is 1. The molecule has 2 N–H and O–H groups in total. The van der Waals surface area contributed by atoms with E-state index in [1.54, 1.807) is 30.3 Å². The number of benzene rings is 2. The summed E-state index contributed by atoms with van der Waals surface area (Å²) in [6, 6.07) is 12.2. The van der Waals surface area contributed by atoms with Crippen LogP contribution in [-0.4, -0.2) is 21.1 Å². The molecule has 0 saturated heterocycles. The Morgan fingerprint density at radius 2 is 2.05 bits per heavy atom. The fourth-order valence-corrected chi connectivity index (χ4v) is 1.85. The molecule has 6 nitrogen and oxygen atoms in total. The van der Waals surface area contributed by atoms with Crippen LogP contribution in [-0.2, 0) is 0 Å². The van der Waals surface area contributed by atoms with Crippen molar-refractivity contribution in [3.63, 3.8) is 0 Å². The first-order chi connectivity index (χ1) is 9.65. The SMILES string of the molecule is Cc1cc(C(=O)On2nnc3ccccc32)ccc1N. The Hall–Kier alpha value is -2.89. The average Bonchev–Trinajstić information content (AvgIpc) is 2.85. The van der Waals surface area contributed by atoms with Gasteiger partial charge in [-0.1, -0.05) is 17.0 Å². The highest BCUT2D eigenvalue weighted by Gasteiger charge is 2.12. The van der Waals surface area contributed by atoms with E-state index in [0.29, 0.717) is 22.3 Å². The number of anilines is 1. The van der Waals surface area contributed by atoms with Crippen LogP contribution in [0.2, 0.25) is 0 Å². The van der Waals surface area contributed by atoms with Gasteiger partial charge in [0.25, 0.3) is 0 Å². The number of para-hydroxylation sites is 1. The number of carbonyl (C=O) groups is 1. The highest BCUT2D eigenvalue weighted by molar-refractivity contribution is 5.90. The van der Waals surface area contributed by atoms with Crippen LogP contribution in [0.25, 0.3) is 11.0 Å². The van der Waals surface area contributed by atoms with E-state index in [1.165, 1.54) is 0 Å². The predicted molar refractivity (Wildman–Crippen MR) is 74.0 cm³/mol. The van der Waals surface area contributed by atoms with Crippen molar-refractivity contribution in [3.05, 3.63) is 53.6 Å². The Morgan fingerprint density at radius 1 is 1.25 bits per heavy atom. The molecule has 1 aromatic heterocycles. The molecule has 0 aliphatic heterocycles. The van der Waals surface area contributed by atoms with Gasteiger partial charge in [-0.15, -0.1) is 5.10 Å². The molecule has 20 heavy (non-hydrogen) atoms. The maximum absolute atomic E-state index is 12.1. The van der Waals surface area contributed by atoms with Crippen molar-refractivity contribution in [2.75, 3.05) is 5.73 Å². The second-order valence-electron chi connectivity index (χ2n) is 4.40. The van der Waals surface area contributed by atoms with Gasteiger partial charge in [0.05, 0.1) is 5.56 Å². The van der Waals surface area contributed by atoms with Crippen molar-refractivity contribution in [2.45, 2.75) is 6.92 Å². The third-order valence-corrected chi connectivity index (χ3v) is 3.00. The molecule has 1 heterocycles. The van der Waals surface area contributed by atoms with Gasteiger partial charge < -0.3 is 10.6 Å². The zero-order valence-corrected chi connectivity index (χ0v) is 10.8. The summed E-state index contributed by atoms with van der Waals surface area (Å²) in [5, 5.41) is 7.71. The first kappa shape index (κ1) is 12.2. The Labute approximate surface area is 114 Å². The van der Waals surface area contributed by atoms with Gasteiger partial charge in [0.2, 0.25) is 0 Å². The Balaban J connectivity index is 1.90. The van der Waals surface area contributed by atoms with Gasteiger partial charge in [-0.25, -0.2) is 4.79 Å². The van der Waals surface area contributed by atoms with Crippen molar-refractivity contribution >= 4 is 22.7 Å². The smallest absolute Gasteiger partial charge is 0.365 e. The lowest BCUT2D eigenvalue weighted by atomic mass is 10.1. The van der Waals surface area contributed by atoms with E-state index in [2.05, 4.69) is 10.3 Å². The van der Waals surface area contributed by atoms with Gasteiger partial charge in [0.15, 0.2) is 0 Å². The van der Waals surface area contributed by atoms with Crippen LogP contribution in [0, 0.1) is 6.92 Å². The third-order valence-electron chi connectivity index (χ3n) is 3.00. The fraction of sp³-hybridized carbons (Fsp3) is 0.0714. The summed E-state index contributed by atoms with van der Waals surface area (Å²) in [5.41, 5.74) is 8.88. The molecule has 0 fully saturated rings. The zero-order chi connectivity index (χ0) is 14.1. The number of fused-ring (bicyclic) bond motifs is 1. The van der Waals surface area contributed by atoms with Gasteiger partial charge in [0, 0.05) is 5.69 Å². The molecular weight excluding hydrogens is 256 g/mol. The van der Waals surface area contributed by atoms with Gasteiger partial charge in [-0.3, -0.25) is 0 Å². The van der Waals surface area contributed by atoms with E-state index in [9.17, 15) is 4.79 Å². The molecule has 3 rings (SSSR count). The van der Waals surface area contributed by atoms with E-state index in [1.807, 2.05) is 19.1 Å². The standard InChI is InChI=1S/C14H12N4O2/c1-9-8-10(6-7-11(9)15)14(19)20-18-13-5-3-2-4-12(13)16-17-18/h2-8H,15H2,1H3. The Morgan fingerprint density at radius 3 is 2.85 bits per heavy atom. The third kappa shape index (κ3) is 2.07. The number of aryl methyl sites for hydroxylation is 1. The summed E-state index contributed by atoms with van der Waals surface area (Å²) in [5.74, 6) is -0.510. The van der Waals surface area contributed by atoms with Crippen LogP contribution < -0.4 is 10.6 Å². The molecule has 0 radical (unpaired) electrons. The quantitative estimate of drug-likeness (QED) is 0.563. The highest BCUT2D eigenvalue weighted by atomic mass is 16.7. The van der Waals surface area contributed by atoms with Gasteiger partial charge in [0.1, 0.15) is 11.0 Å². The molecule has 0 amide bonds. The second-order valence-corrected chi connectivity index (χ2v) is 4.40.